The van der Waals surface area contributed by atoms with E-state index in [-0.39, 0.29) is 5.41 Å². The van der Waals surface area contributed by atoms with E-state index >= 15 is 0 Å². The number of carbonyl (C=O) groups excluding carboxylic acids is 1. The van der Waals surface area contributed by atoms with Gasteiger partial charge >= 0.3 is 0 Å². The Balaban J connectivity index is 1.71. The van der Waals surface area contributed by atoms with Crippen LogP contribution in [0.4, 0.5) is 0 Å². The summed E-state index contributed by atoms with van der Waals surface area (Å²) in [6, 6.07) is 0. The molecule has 0 heterocycles. The molecule has 0 spiro atoms. The highest BCUT2D eigenvalue weighted by atomic mass is 16.1. The molecule has 4 aliphatic rings. The molecule has 0 bridgehead atoms. The Morgan fingerprint density at radius 3 is 2.90 bits per heavy atom. The van der Waals surface area contributed by atoms with Crippen LogP contribution in [0.5, 0.6) is 0 Å². The van der Waals surface area contributed by atoms with Gasteiger partial charge in [-0.3, -0.25) is 4.79 Å². The first kappa shape index (κ1) is 14.0. The zero-order valence-electron chi connectivity index (χ0n) is 13.7. The Morgan fingerprint density at radius 1 is 1.24 bits per heavy atom. The number of ketones is 1. The van der Waals surface area contributed by atoms with Crippen molar-refractivity contribution >= 4 is 5.78 Å². The highest BCUT2D eigenvalue weighted by molar-refractivity contribution is 5.87. The summed E-state index contributed by atoms with van der Waals surface area (Å²) in [4.78, 5) is 12.5. The molecule has 1 nitrogen and oxygen atoms in total. The van der Waals surface area contributed by atoms with Crippen molar-refractivity contribution in [3.05, 3.63) is 11.6 Å². The van der Waals surface area contributed by atoms with Gasteiger partial charge in [0, 0.05) is 11.8 Å². The van der Waals surface area contributed by atoms with E-state index in [1.807, 2.05) is 0 Å². The smallest absolute Gasteiger partial charge is 0.139 e. The highest BCUT2D eigenvalue weighted by Crippen LogP contribution is 2.62. The molecule has 3 fully saturated rings. The second-order valence-electron chi connectivity index (χ2n) is 8.45. The molecule has 0 saturated heterocycles. The lowest BCUT2D eigenvalue weighted by atomic mass is 9.48. The molecule has 3 saturated carbocycles. The Labute approximate surface area is 129 Å². The van der Waals surface area contributed by atoms with Crippen LogP contribution < -0.4 is 0 Å². The van der Waals surface area contributed by atoms with E-state index in [2.05, 4.69) is 19.9 Å². The van der Waals surface area contributed by atoms with Crippen LogP contribution in [0, 0.1) is 35.0 Å². The van der Waals surface area contributed by atoms with Gasteiger partial charge in [0.1, 0.15) is 5.78 Å². The third kappa shape index (κ3) is 1.92. The molecule has 0 aromatic heterocycles. The lowest BCUT2D eigenvalue weighted by Crippen LogP contribution is -2.50. The van der Waals surface area contributed by atoms with Crippen LogP contribution in [0.25, 0.3) is 0 Å². The number of rotatable bonds is 1. The van der Waals surface area contributed by atoms with Crippen LogP contribution in [0.15, 0.2) is 11.6 Å². The molecule has 0 aromatic carbocycles. The molecular formula is C20H30O. The molecule has 0 amide bonds. The zero-order chi connectivity index (χ0) is 14.6. The summed E-state index contributed by atoms with van der Waals surface area (Å²) < 4.78 is 0. The second kappa shape index (κ2) is 4.96. The summed E-state index contributed by atoms with van der Waals surface area (Å²) >= 11 is 0. The predicted molar refractivity (Wildman–Crippen MR) is 85.9 cm³/mol. The van der Waals surface area contributed by atoms with Crippen molar-refractivity contribution in [2.45, 2.75) is 71.6 Å². The molecule has 0 unspecified atom stereocenters. The molecule has 0 radical (unpaired) electrons. The molecular weight excluding hydrogens is 256 g/mol. The fourth-order valence-corrected chi connectivity index (χ4v) is 6.81. The van der Waals surface area contributed by atoms with Crippen molar-refractivity contribution in [3.63, 3.8) is 0 Å². The summed E-state index contributed by atoms with van der Waals surface area (Å²) in [7, 11) is 0. The Morgan fingerprint density at radius 2 is 2.10 bits per heavy atom. The molecule has 4 rings (SSSR count). The molecule has 21 heavy (non-hydrogen) atoms. The third-order valence-electron chi connectivity index (χ3n) is 7.74. The maximum atomic E-state index is 12.5. The maximum absolute atomic E-state index is 12.5. The van der Waals surface area contributed by atoms with Gasteiger partial charge in [0.25, 0.3) is 0 Å². The largest absolute Gasteiger partial charge is 0.299 e. The zero-order valence-corrected chi connectivity index (χ0v) is 13.7. The number of Topliss-reactive ketones (excluding diaryl/α,β-unsaturated/α-hetero) is 1. The van der Waals surface area contributed by atoms with Crippen LogP contribution in [-0.2, 0) is 4.79 Å². The normalized spacial score (nSPS) is 49.1. The Hall–Kier alpha value is -0.590. The third-order valence-corrected chi connectivity index (χ3v) is 7.74. The fraction of sp³-hybridized carbons (Fsp3) is 0.850. The molecule has 116 valence electrons. The van der Waals surface area contributed by atoms with Gasteiger partial charge in [0.2, 0.25) is 0 Å². The summed E-state index contributed by atoms with van der Waals surface area (Å²) in [5.74, 6) is 4.73. The van der Waals surface area contributed by atoms with E-state index < -0.39 is 0 Å². The number of fused-ring (bicyclic) bond motifs is 5. The van der Waals surface area contributed by atoms with Crippen LogP contribution in [0.3, 0.4) is 0 Å². The minimum absolute atomic E-state index is 0.0394. The van der Waals surface area contributed by atoms with E-state index in [1.165, 1.54) is 51.4 Å². The van der Waals surface area contributed by atoms with Crippen LogP contribution in [-0.4, -0.2) is 5.78 Å². The molecule has 0 N–H and O–H groups in total. The maximum Gasteiger partial charge on any atom is 0.139 e. The van der Waals surface area contributed by atoms with Crippen molar-refractivity contribution in [2.75, 3.05) is 0 Å². The first-order valence-electron chi connectivity index (χ1n) is 9.37. The summed E-state index contributed by atoms with van der Waals surface area (Å²) in [6.07, 6.45) is 14.0. The second-order valence-corrected chi connectivity index (χ2v) is 8.45. The average Bonchev–Trinajstić information content (AvgIpc) is 2.81. The van der Waals surface area contributed by atoms with E-state index in [1.54, 1.807) is 5.57 Å². The SMILES string of the molecule is CC[C@H]1C[C@]2(C)C(=O)CC[C@H]2[C@@H]2CCC3=CCCC[C@@H]3[C@@H]12. The molecule has 4 aliphatic carbocycles. The predicted octanol–water partition coefficient (Wildman–Crippen LogP) is 5.15. The standard InChI is InChI=1S/C20H30O/c1-3-13-12-20(2)17(10-11-18(20)21)16-9-8-14-6-4-5-7-15(14)19(13)16/h6,13,15-17,19H,3-5,7-12H2,1-2H3/t13-,15-,16-,17-,19+,20-/m0/s1. The van der Waals surface area contributed by atoms with Gasteiger partial charge in [0.15, 0.2) is 0 Å². The number of hydrogen-bond donors (Lipinski definition) is 0. The lowest BCUT2D eigenvalue weighted by Gasteiger charge is -2.55. The molecule has 1 heteroatoms. The van der Waals surface area contributed by atoms with Gasteiger partial charge < -0.3 is 0 Å². The minimum Gasteiger partial charge on any atom is -0.299 e. The van der Waals surface area contributed by atoms with Gasteiger partial charge in [-0.1, -0.05) is 31.9 Å². The molecule has 0 aliphatic heterocycles. The lowest BCUT2D eigenvalue weighted by molar-refractivity contribution is -0.134. The number of carbonyl (C=O) groups is 1. The number of allylic oxidation sites excluding steroid dienone is 2. The topological polar surface area (TPSA) is 17.1 Å². The van der Waals surface area contributed by atoms with Gasteiger partial charge in [0.05, 0.1) is 0 Å². The molecule has 6 atom stereocenters. The fourth-order valence-electron chi connectivity index (χ4n) is 6.81. The first-order valence-corrected chi connectivity index (χ1v) is 9.37. The quantitative estimate of drug-likeness (QED) is 0.609. The van der Waals surface area contributed by atoms with Gasteiger partial charge in [-0.15, -0.1) is 0 Å². The summed E-state index contributed by atoms with van der Waals surface area (Å²) in [5, 5.41) is 0. The monoisotopic (exact) mass is 286 g/mol. The van der Waals surface area contributed by atoms with Gasteiger partial charge in [-0.25, -0.2) is 0 Å². The van der Waals surface area contributed by atoms with Crippen molar-refractivity contribution < 1.29 is 4.79 Å². The van der Waals surface area contributed by atoms with E-state index in [9.17, 15) is 4.79 Å². The summed E-state index contributed by atoms with van der Waals surface area (Å²) in [6.45, 7) is 4.68. The van der Waals surface area contributed by atoms with E-state index in [0.29, 0.717) is 11.7 Å². The van der Waals surface area contributed by atoms with E-state index in [0.717, 1.165) is 30.1 Å². The highest BCUT2D eigenvalue weighted by Gasteiger charge is 2.58. The average molecular weight is 286 g/mol. The van der Waals surface area contributed by atoms with Crippen molar-refractivity contribution in [1.82, 2.24) is 0 Å². The molecule has 0 aromatic rings. The van der Waals surface area contributed by atoms with Gasteiger partial charge in [-0.2, -0.15) is 0 Å². The van der Waals surface area contributed by atoms with Gasteiger partial charge in [-0.05, 0) is 74.5 Å². The van der Waals surface area contributed by atoms with Crippen LogP contribution in [0.2, 0.25) is 0 Å². The van der Waals surface area contributed by atoms with E-state index in [4.69, 9.17) is 0 Å². The number of hydrogen-bond acceptors (Lipinski definition) is 1. The van der Waals surface area contributed by atoms with Crippen molar-refractivity contribution in [1.29, 1.82) is 0 Å². The van der Waals surface area contributed by atoms with Crippen LogP contribution >= 0.6 is 0 Å². The Bertz CT molecular complexity index is 476. The minimum atomic E-state index is 0.0394. The first-order chi connectivity index (χ1) is 10.1. The Kier molecular flexibility index (Phi) is 3.32. The van der Waals surface area contributed by atoms with Crippen molar-refractivity contribution in [2.24, 2.45) is 35.0 Å². The van der Waals surface area contributed by atoms with Crippen LogP contribution in [0.1, 0.15) is 71.6 Å². The summed E-state index contributed by atoms with van der Waals surface area (Å²) in [5.41, 5.74) is 1.84. The van der Waals surface area contributed by atoms with Crippen molar-refractivity contribution in [3.8, 4) is 0 Å².